The highest BCUT2D eigenvalue weighted by Gasteiger charge is 2.64. The maximum atomic E-state index is 5.51. The van der Waals surface area contributed by atoms with Crippen LogP contribution >= 0.6 is 0 Å². The fourth-order valence-electron chi connectivity index (χ4n) is 2.62. The predicted molar refractivity (Wildman–Crippen MR) is 59.7 cm³/mol. The highest BCUT2D eigenvalue weighted by Crippen LogP contribution is 2.62. The Morgan fingerprint density at radius 3 is 2.33 bits per heavy atom. The number of hydrogen-bond donors (Lipinski definition) is 1. The van der Waals surface area contributed by atoms with Crippen molar-refractivity contribution in [2.45, 2.75) is 46.3 Å². The van der Waals surface area contributed by atoms with E-state index in [0.29, 0.717) is 29.8 Å². The fourth-order valence-corrected chi connectivity index (χ4v) is 2.62. The summed E-state index contributed by atoms with van der Waals surface area (Å²) in [5.74, 6) is 0. The molecule has 1 aliphatic carbocycles. The maximum Gasteiger partial charge on any atom is 0.147 e. The summed E-state index contributed by atoms with van der Waals surface area (Å²) < 4.78 is 10.7. The average Bonchev–Trinajstić information content (AvgIpc) is 2.57. The van der Waals surface area contributed by atoms with Crippen molar-refractivity contribution < 1.29 is 9.47 Å². The molecular formula is C12H23NO2. The standard InChI is InChI=1S/C12H23NO2/c1-11(2)10(12(11,3)4)13-7-9-5-6-14-8-15-9/h9-10,13H,5-8H2,1-4H3. The number of nitrogens with one attached hydrogen (secondary N) is 1. The van der Waals surface area contributed by atoms with Crippen molar-refractivity contribution in [1.29, 1.82) is 0 Å². The van der Waals surface area contributed by atoms with Crippen LogP contribution in [0.15, 0.2) is 0 Å². The van der Waals surface area contributed by atoms with Gasteiger partial charge in [-0.05, 0) is 17.3 Å². The van der Waals surface area contributed by atoms with Crippen molar-refractivity contribution >= 4 is 0 Å². The van der Waals surface area contributed by atoms with Gasteiger partial charge in [-0.25, -0.2) is 0 Å². The van der Waals surface area contributed by atoms with Crippen molar-refractivity contribution in [2.75, 3.05) is 19.9 Å². The van der Waals surface area contributed by atoms with Gasteiger partial charge in [0.15, 0.2) is 0 Å². The van der Waals surface area contributed by atoms with Gasteiger partial charge in [0.25, 0.3) is 0 Å². The second-order valence-corrected chi connectivity index (χ2v) is 5.89. The number of ether oxygens (including phenoxy) is 2. The van der Waals surface area contributed by atoms with Gasteiger partial charge in [-0.3, -0.25) is 0 Å². The van der Waals surface area contributed by atoms with Gasteiger partial charge in [-0.2, -0.15) is 0 Å². The molecule has 88 valence electrons. The first kappa shape index (κ1) is 11.4. The zero-order chi connectivity index (χ0) is 11.1. The molecule has 0 bridgehead atoms. The Morgan fingerprint density at radius 1 is 1.20 bits per heavy atom. The molecule has 0 spiro atoms. The Kier molecular flexibility index (Phi) is 2.82. The highest BCUT2D eigenvalue weighted by molar-refractivity contribution is 5.17. The molecule has 0 aromatic heterocycles. The van der Waals surface area contributed by atoms with Gasteiger partial charge in [0, 0.05) is 12.6 Å². The summed E-state index contributed by atoms with van der Waals surface area (Å²) >= 11 is 0. The third kappa shape index (κ3) is 1.93. The summed E-state index contributed by atoms with van der Waals surface area (Å²) in [5, 5.41) is 3.63. The van der Waals surface area contributed by atoms with E-state index in [1.165, 1.54) is 0 Å². The summed E-state index contributed by atoms with van der Waals surface area (Å²) in [5.41, 5.74) is 0.830. The third-order valence-corrected chi connectivity index (χ3v) is 4.54. The van der Waals surface area contributed by atoms with E-state index in [-0.39, 0.29) is 0 Å². The van der Waals surface area contributed by atoms with E-state index in [4.69, 9.17) is 9.47 Å². The Balaban J connectivity index is 1.75. The average molecular weight is 213 g/mol. The summed E-state index contributed by atoms with van der Waals surface area (Å²) in [7, 11) is 0. The van der Waals surface area contributed by atoms with Crippen LogP contribution in [-0.2, 0) is 9.47 Å². The van der Waals surface area contributed by atoms with Crippen LogP contribution in [-0.4, -0.2) is 32.1 Å². The van der Waals surface area contributed by atoms with Crippen LogP contribution in [0.25, 0.3) is 0 Å². The molecular weight excluding hydrogens is 190 g/mol. The number of hydrogen-bond acceptors (Lipinski definition) is 3. The normalized spacial score (nSPS) is 34.0. The van der Waals surface area contributed by atoms with Crippen molar-refractivity contribution in [2.24, 2.45) is 10.8 Å². The molecule has 1 saturated heterocycles. The molecule has 2 rings (SSSR count). The van der Waals surface area contributed by atoms with Gasteiger partial charge in [-0.1, -0.05) is 27.7 Å². The van der Waals surface area contributed by atoms with E-state index in [1.807, 2.05) is 0 Å². The second kappa shape index (κ2) is 3.72. The third-order valence-electron chi connectivity index (χ3n) is 4.54. The minimum atomic E-state index is 0.339. The molecule has 1 heterocycles. The van der Waals surface area contributed by atoms with Gasteiger partial charge in [0.1, 0.15) is 6.79 Å². The van der Waals surface area contributed by atoms with Crippen LogP contribution in [0.1, 0.15) is 34.1 Å². The van der Waals surface area contributed by atoms with E-state index < -0.39 is 0 Å². The summed E-state index contributed by atoms with van der Waals surface area (Å²) in [6.45, 7) is 11.6. The molecule has 0 amide bonds. The Morgan fingerprint density at radius 2 is 1.87 bits per heavy atom. The molecule has 0 aromatic carbocycles. The summed E-state index contributed by atoms with van der Waals surface area (Å²) in [6.07, 6.45) is 1.35. The van der Waals surface area contributed by atoms with Gasteiger partial charge in [0.05, 0.1) is 12.7 Å². The maximum absolute atomic E-state index is 5.51. The SMILES string of the molecule is CC1(C)C(NCC2CCOCO2)C1(C)C. The van der Waals surface area contributed by atoms with Crippen LogP contribution in [0.5, 0.6) is 0 Å². The lowest BCUT2D eigenvalue weighted by Crippen LogP contribution is -2.36. The first-order valence-electron chi connectivity index (χ1n) is 5.89. The van der Waals surface area contributed by atoms with Gasteiger partial charge < -0.3 is 14.8 Å². The molecule has 1 unspecified atom stereocenters. The molecule has 3 heteroatoms. The van der Waals surface area contributed by atoms with Crippen molar-refractivity contribution in [3.8, 4) is 0 Å². The van der Waals surface area contributed by atoms with Crippen molar-refractivity contribution in [3.05, 3.63) is 0 Å². The van der Waals surface area contributed by atoms with Gasteiger partial charge >= 0.3 is 0 Å². The van der Waals surface area contributed by atoms with E-state index >= 15 is 0 Å². The van der Waals surface area contributed by atoms with Crippen LogP contribution < -0.4 is 5.32 Å². The molecule has 2 aliphatic rings. The Bertz CT molecular complexity index is 218. The minimum absolute atomic E-state index is 0.339. The fraction of sp³-hybridized carbons (Fsp3) is 1.00. The van der Waals surface area contributed by atoms with E-state index in [2.05, 4.69) is 33.0 Å². The van der Waals surface area contributed by atoms with Crippen LogP contribution in [0, 0.1) is 10.8 Å². The Hall–Kier alpha value is -0.120. The number of rotatable bonds is 3. The molecule has 1 aliphatic heterocycles. The lowest BCUT2D eigenvalue weighted by Gasteiger charge is -2.23. The van der Waals surface area contributed by atoms with Crippen LogP contribution in [0.3, 0.4) is 0 Å². The summed E-state index contributed by atoms with van der Waals surface area (Å²) in [6, 6.07) is 0.622. The molecule has 3 nitrogen and oxygen atoms in total. The van der Waals surface area contributed by atoms with Crippen LogP contribution in [0.4, 0.5) is 0 Å². The van der Waals surface area contributed by atoms with Gasteiger partial charge in [-0.15, -0.1) is 0 Å². The molecule has 1 saturated carbocycles. The molecule has 2 fully saturated rings. The van der Waals surface area contributed by atoms with Crippen LogP contribution in [0.2, 0.25) is 0 Å². The van der Waals surface area contributed by atoms with Crippen molar-refractivity contribution in [1.82, 2.24) is 5.32 Å². The van der Waals surface area contributed by atoms with E-state index in [0.717, 1.165) is 19.6 Å². The zero-order valence-electron chi connectivity index (χ0n) is 10.3. The largest absolute Gasteiger partial charge is 0.355 e. The topological polar surface area (TPSA) is 30.5 Å². The van der Waals surface area contributed by atoms with Crippen molar-refractivity contribution in [3.63, 3.8) is 0 Å². The molecule has 0 aromatic rings. The first-order chi connectivity index (χ1) is 6.96. The predicted octanol–water partition coefficient (Wildman–Crippen LogP) is 1.77. The lowest BCUT2D eigenvalue weighted by atomic mass is 10.0. The Labute approximate surface area is 92.5 Å². The van der Waals surface area contributed by atoms with Gasteiger partial charge in [0.2, 0.25) is 0 Å². The monoisotopic (exact) mass is 213 g/mol. The highest BCUT2D eigenvalue weighted by atomic mass is 16.7. The molecule has 1 atom stereocenters. The quantitative estimate of drug-likeness (QED) is 0.775. The molecule has 0 radical (unpaired) electrons. The minimum Gasteiger partial charge on any atom is -0.355 e. The zero-order valence-corrected chi connectivity index (χ0v) is 10.3. The summed E-state index contributed by atoms with van der Waals surface area (Å²) in [4.78, 5) is 0. The lowest BCUT2D eigenvalue weighted by molar-refractivity contribution is -0.137. The van der Waals surface area contributed by atoms with E-state index in [9.17, 15) is 0 Å². The second-order valence-electron chi connectivity index (χ2n) is 5.89. The first-order valence-corrected chi connectivity index (χ1v) is 5.89. The molecule has 15 heavy (non-hydrogen) atoms. The molecule has 1 N–H and O–H groups in total. The smallest absolute Gasteiger partial charge is 0.147 e. The van der Waals surface area contributed by atoms with E-state index in [1.54, 1.807) is 0 Å².